The molecule has 1 aromatic rings. The third-order valence-electron chi connectivity index (χ3n) is 2.51. The first kappa shape index (κ1) is 17.3. The molecule has 21 heavy (non-hydrogen) atoms. The summed E-state index contributed by atoms with van der Waals surface area (Å²) in [6.07, 6.45) is -0.639. The van der Waals surface area contributed by atoms with Crippen LogP contribution in [0.15, 0.2) is 18.2 Å². The monoisotopic (exact) mass is 312 g/mol. The zero-order chi connectivity index (χ0) is 16.2. The summed E-state index contributed by atoms with van der Waals surface area (Å²) in [5.74, 6) is -0.369. The van der Waals surface area contributed by atoms with Gasteiger partial charge in [0, 0.05) is 0 Å². The zero-order valence-electron chi connectivity index (χ0n) is 12.9. The molecule has 1 aromatic carbocycles. The summed E-state index contributed by atoms with van der Waals surface area (Å²) in [6, 6.07) is 4.57. The Morgan fingerprint density at radius 3 is 2.43 bits per heavy atom. The molecule has 5 nitrogen and oxygen atoms in total. The van der Waals surface area contributed by atoms with E-state index in [4.69, 9.17) is 16.3 Å². The number of nitrogens with one attached hydrogen (secondary N) is 2. The number of anilines is 1. The van der Waals surface area contributed by atoms with Gasteiger partial charge in [-0.3, -0.25) is 4.79 Å². The van der Waals surface area contributed by atoms with Gasteiger partial charge in [-0.05, 0) is 52.3 Å². The maximum Gasteiger partial charge on any atom is 0.408 e. The molecule has 0 aromatic heterocycles. The molecule has 0 fully saturated rings. The van der Waals surface area contributed by atoms with Crippen LogP contribution in [0.2, 0.25) is 5.02 Å². The Bertz CT molecular complexity index is 538. The molecule has 2 N–H and O–H groups in total. The number of aryl methyl sites for hydroxylation is 1. The van der Waals surface area contributed by atoms with E-state index in [0.29, 0.717) is 10.7 Å². The molecule has 0 aliphatic heterocycles. The van der Waals surface area contributed by atoms with E-state index in [-0.39, 0.29) is 5.91 Å². The van der Waals surface area contributed by atoms with E-state index in [1.165, 1.54) is 0 Å². The summed E-state index contributed by atoms with van der Waals surface area (Å²) in [4.78, 5) is 23.6. The van der Waals surface area contributed by atoms with E-state index >= 15 is 0 Å². The van der Waals surface area contributed by atoms with Gasteiger partial charge in [0.1, 0.15) is 11.6 Å². The van der Waals surface area contributed by atoms with Crippen LogP contribution in [-0.4, -0.2) is 23.6 Å². The predicted molar refractivity (Wildman–Crippen MR) is 83.7 cm³/mol. The normalized spacial score (nSPS) is 12.5. The number of rotatable bonds is 3. The molecule has 116 valence electrons. The van der Waals surface area contributed by atoms with Gasteiger partial charge < -0.3 is 15.4 Å². The Morgan fingerprint density at radius 2 is 1.90 bits per heavy atom. The minimum Gasteiger partial charge on any atom is -0.444 e. The van der Waals surface area contributed by atoms with Gasteiger partial charge >= 0.3 is 6.09 Å². The highest BCUT2D eigenvalue weighted by molar-refractivity contribution is 6.33. The minimum atomic E-state index is -0.739. The van der Waals surface area contributed by atoms with Crippen molar-refractivity contribution in [1.82, 2.24) is 5.32 Å². The number of halogens is 1. The fraction of sp³-hybridized carbons (Fsp3) is 0.467. The van der Waals surface area contributed by atoms with E-state index in [1.807, 2.05) is 13.0 Å². The highest BCUT2D eigenvalue weighted by Crippen LogP contribution is 2.22. The Morgan fingerprint density at radius 1 is 1.29 bits per heavy atom. The molecule has 2 amide bonds. The largest absolute Gasteiger partial charge is 0.444 e. The first-order chi connectivity index (χ1) is 9.58. The van der Waals surface area contributed by atoms with Crippen LogP contribution in [0.5, 0.6) is 0 Å². The second kappa shape index (κ2) is 6.80. The van der Waals surface area contributed by atoms with Crippen molar-refractivity contribution in [2.75, 3.05) is 5.32 Å². The molecule has 1 rings (SSSR count). The molecule has 0 radical (unpaired) electrons. The van der Waals surface area contributed by atoms with Crippen molar-refractivity contribution in [3.05, 3.63) is 28.8 Å². The standard InChI is InChI=1S/C15H21ClN2O3/c1-9-6-7-12(11(16)8-9)18-13(19)10(2)17-14(20)21-15(3,4)5/h6-8,10H,1-5H3,(H,17,20)(H,18,19)/t10-/m1/s1. The SMILES string of the molecule is Cc1ccc(NC(=O)[C@@H](C)NC(=O)OC(C)(C)C)c(Cl)c1. The first-order valence-corrected chi connectivity index (χ1v) is 7.03. The maximum absolute atomic E-state index is 12.0. The van der Waals surface area contributed by atoms with E-state index in [1.54, 1.807) is 39.8 Å². The lowest BCUT2D eigenvalue weighted by molar-refractivity contribution is -0.117. The first-order valence-electron chi connectivity index (χ1n) is 6.65. The Labute approximate surface area is 130 Å². The maximum atomic E-state index is 12.0. The fourth-order valence-corrected chi connectivity index (χ4v) is 1.79. The van der Waals surface area contributed by atoms with Crippen LogP contribution in [0.4, 0.5) is 10.5 Å². The predicted octanol–water partition coefficient (Wildman–Crippen LogP) is 3.50. The zero-order valence-corrected chi connectivity index (χ0v) is 13.7. The molecule has 1 atom stereocenters. The van der Waals surface area contributed by atoms with Gasteiger partial charge in [0.15, 0.2) is 0 Å². The lowest BCUT2D eigenvalue weighted by Gasteiger charge is -2.21. The molecule has 0 aliphatic carbocycles. The van der Waals surface area contributed by atoms with Crippen molar-refractivity contribution in [2.24, 2.45) is 0 Å². The number of alkyl carbamates (subject to hydrolysis) is 1. The van der Waals surface area contributed by atoms with Gasteiger partial charge in [-0.25, -0.2) is 4.79 Å². The fourth-order valence-electron chi connectivity index (χ4n) is 1.51. The smallest absolute Gasteiger partial charge is 0.408 e. The molecular formula is C15H21ClN2O3. The average molecular weight is 313 g/mol. The second-order valence-corrected chi connectivity index (χ2v) is 6.25. The summed E-state index contributed by atoms with van der Waals surface area (Å²) >= 11 is 6.04. The van der Waals surface area contributed by atoms with Gasteiger partial charge in [-0.1, -0.05) is 17.7 Å². The molecule has 0 aliphatic rings. The number of hydrogen-bond donors (Lipinski definition) is 2. The number of benzene rings is 1. The van der Waals surface area contributed by atoms with Crippen LogP contribution in [-0.2, 0) is 9.53 Å². The van der Waals surface area contributed by atoms with Crippen molar-refractivity contribution in [1.29, 1.82) is 0 Å². The van der Waals surface area contributed by atoms with Gasteiger partial charge in [-0.15, -0.1) is 0 Å². The van der Waals surface area contributed by atoms with E-state index in [2.05, 4.69) is 10.6 Å². The van der Waals surface area contributed by atoms with Crippen molar-refractivity contribution in [2.45, 2.75) is 46.3 Å². The summed E-state index contributed by atoms with van der Waals surface area (Å²) in [5.41, 5.74) is 0.892. The van der Waals surface area contributed by atoms with Crippen molar-refractivity contribution >= 4 is 29.3 Å². The number of amides is 2. The summed E-state index contributed by atoms with van der Waals surface area (Å²) in [5, 5.41) is 5.59. The molecule has 0 spiro atoms. The quantitative estimate of drug-likeness (QED) is 0.897. The number of ether oxygens (including phenoxy) is 1. The lowest BCUT2D eigenvalue weighted by atomic mass is 10.2. The molecule has 0 saturated heterocycles. The lowest BCUT2D eigenvalue weighted by Crippen LogP contribution is -2.44. The highest BCUT2D eigenvalue weighted by atomic mass is 35.5. The topological polar surface area (TPSA) is 67.4 Å². The minimum absolute atomic E-state index is 0.369. The number of carbonyl (C=O) groups excluding carboxylic acids is 2. The van der Waals surface area contributed by atoms with E-state index in [0.717, 1.165) is 5.56 Å². The summed E-state index contributed by atoms with van der Waals surface area (Å²) in [6.45, 7) is 8.74. The summed E-state index contributed by atoms with van der Waals surface area (Å²) < 4.78 is 5.09. The molecule has 0 heterocycles. The third kappa shape index (κ3) is 6.04. The Kier molecular flexibility index (Phi) is 5.61. The van der Waals surface area contributed by atoms with Gasteiger partial charge in [-0.2, -0.15) is 0 Å². The van der Waals surface area contributed by atoms with E-state index in [9.17, 15) is 9.59 Å². The molecule has 0 bridgehead atoms. The van der Waals surface area contributed by atoms with Crippen molar-refractivity contribution in [3.63, 3.8) is 0 Å². The van der Waals surface area contributed by atoms with Gasteiger partial charge in [0.25, 0.3) is 0 Å². The van der Waals surface area contributed by atoms with Crippen LogP contribution >= 0.6 is 11.6 Å². The molecule has 0 unspecified atom stereocenters. The third-order valence-corrected chi connectivity index (χ3v) is 2.82. The number of carbonyl (C=O) groups is 2. The van der Waals surface area contributed by atoms with E-state index < -0.39 is 17.7 Å². The Hall–Kier alpha value is -1.75. The molecular weight excluding hydrogens is 292 g/mol. The second-order valence-electron chi connectivity index (χ2n) is 5.84. The van der Waals surface area contributed by atoms with Crippen LogP contribution in [0.3, 0.4) is 0 Å². The molecule has 6 heteroatoms. The molecule has 0 saturated carbocycles. The van der Waals surface area contributed by atoms with Gasteiger partial charge in [0.2, 0.25) is 5.91 Å². The number of hydrogen-bond acceptors (Lipinski definition) is 3. The average Bonchev–Trinajstić information content (AvgIpc) is 2.29. The van der Waals surface area contributed by atoms with Crippen LogP contribution in [0.1, 0.15) is 33.3 Å². The Balaban J connectivity index is 2.61. The highest BCUT2D eigenvalue weighted by Gasteiger charge is 2.21. The van der Waals surface area contributed by atoms with Gasteiger partial charge in [0.05, 0.1) is 10.7 Å². The summed E-state index contributed by atoms with van der Waals surface area (Å²) in [7, 11) is 0. The van der Waals surface area contributed by atoms with Crippen LogP contribution < -0.4 is 10.6 Å². The van der Waals surface area contributed by atoms with Crippen LogP contribution in [0, 0.1) is 6.92 Å². The van der Waals surface area contributed by atoms with Crippen LogP contribution in [0.25, 0.3) is 0 Å². The van der Waals surface area contributed by atoms with Crippen molar-refractivity contribution < 1.29 is 14.3 Å². The van der Waals surface area contributed by atoms with Crippen molar-refractivity contribution in [3.8, 4) is 0 Å².